The Morgan fingerprint density at radius 3 is 1.36 bits per heavy atom. The summed E-state index contributed by atoms with van der Waals surface area (Å²) in [6.45, 7) is 11.0. The first kappa shape index (κ1) is 24.7. The molecule has 6 nitrogen and oxygen atoms in total. The van der Waals surface area contributed by atoms with E-state index in [9.17, 15) is 9.59 Å². The molecule has 4 aromatic rings. The van der Waals surface area contributed by atoms with Crippen LogP contribution in [0.5, 0.6) is 0 Å². The van der Waals surface area contributed by atoms with E-state index in [0.29, 0.717) is 22.2 Å². The predicted octanol–water partition coefficient (Wildman–Crippen LogP) is 6.57. The lowest BCUT2D eigenvalue weighted by molar-refractivity contribution is 0.0533. The van der Waals surface area contributed by atoms with Gasteiger partial charge in [0.05, 0.1) is 22.2 Å². The maximum Gasteiger partial charge on any atom is 0.419 e. The van der Waals surface area contributed by atoms with Crippen molar-refractivity contribution < 1.29 is 19.1 Å². The van der Waals surface area contributed by atoms with Crippen molar-refractivity contribution in [1.29, 1.82) is 0 Å². The molecule has 4 rings (SSSR count). The van der Waals surface area contributed by atoms with Crippen LogP contribution in [0.3, 0.4) is 0 Å². The third-order valence-electron chi connectivity index (χ3n) is 5.06. The molecule has 0 spiro atoms. The van der Waals surface area contributed by atoms with Gasteiger partial charge < -0.3 is 9.47 Å². The second-order valence-corrected chi connectivity index (χ2v) is 10.3. The number of carbonyl (C=O) groups is 2. The van der Waals surface area contributed by atoms with Crippen LogP contribution in [0.1, 0.15) is 52.7 Å². The average Bonchev–Trinajstić information content (AvgIpc) is 3.34. The highest BCUT2D eigenvalue weighted by molar-refractivity contribution is 5.95. The van der Waals surface area contributed by atoms with Gasteiger partial charge in [-0.15, -0.1) is 0 Å². The van der Waals surface area contributed by atoms with Crippen molar-refractivity contribution in [2.75, 3.05) is 0 Å². The zero-order chi connectivity index (χ0) is 26.1. The molecule has 0 saturated carbocycles. The van der Waals surface area contributed by atoms with E-state index in [0.717, 1.165) is 10.8 Å². The molecule has 2 heterocycles. The average molecular weight is 481 g/mol. The smallest absolute Gasteiger partial charge is 0.419 e. The second kappa shape index (κ2) is 9.32. The van der Waals surface area contributed by atoms with Crippen LogP contribution in [0.2, 0.25) is 0 Å². The molecule has 0 N–H and O–H groups in total. The number of carbonyl (C=O) groups excluding carboxylic acids is 2. The summed E-state index contributed by atoms with van der Waals surface area (Å²) in [4.78, 5) is 25.4. The van der Waals surface area contributed by atoms with Crippen LogP contribution in [0.25, 0.3) is 21.8 Å². The quantitative estimate of drug-likeness (QED) is 0.267. The maximum atomic E-state index is 12.7. The lowest BCUT2D eigenvalue weighted by Crippen LogP contribution is -2.26. The molecular weight excluding hydrogens is 452 g/mol. The van der Waals surface area contributed by atoms with Crippen molar-refractivity contribution in [3.05, 3.63) is 72.1 Å². The minimum absolute atomic E-state index is 0.465. The summed E-state index contributed by atoms with van der Waals surface area (Å²) < 4.78 is 14.0. The summed E-state index contributed by atoms with van der Waals surface area (Å²) >= 11 is 0. The van der Waals surface area contributed by atoms with E-state index >= 15 is 0 Å². The third-order valence-corrected chi connectivity index (χ3v) is 5.06. The van der Waals surface area contributed by atoms with Gasteiger partial charge in [0, 0.05) is 23.2 Å². The fraction of sp³-hybridized carbons (Fsp3) is 0.267. The lowest BCUT2D eigenvalue weighted by Gasteiger charge is -2.19. The van der Waals surface area contributed by atoms with Gasteiger partial charge in [-0.1, -0.05) is 48.2 Å². The normalized spacial score (nSPS) is 11.4. The topological polar surface area (TPSA) is 62.5 Å². The number of rotatable bonds is 0. The fourth-order valence-electron chi connectivity index (χ4n) is 3.68. The molecule has 0 amide bonds. The first-order valence-electron chi connectivity index (χ1n) is 11.6. The number of ether oxygens (including phenoxy) is 2. The van der Waals surface area contributed by atoms with Gasteiger partial charge in [0.2, 0.25) is 0 Å². The molecule has 0 atom stereocenters. The van der Waals surface area contributed by atoms with E-state index in [1.807, 2.05) is 90.1 Å². The minimum Gasteiger partial charge on any atom is -0.443 e. The van der Waals surface area contributed by atoms with Gasteiger partial charge in [-0.05, 0) is 65.5 Å². The first-order chi connectivity index (χ1) is 16.9. The lowest BCUT2D eigenvalue weighted by atomic mass is 10.2. The number of nitrogens with zero attached hydrogens (tertiary/aromatic N) is 2. The Bertz CT molecular complexity index is 1480. The third kappa shape index (κ3) is 5.45. The first-order valence-corrected chi connectivity index (χ1v) is 11.6. The molecule has 36 heavy (non-hydrogen) atoms. The number of para-hydroxylation sites is 2. The van der Waals surface area contributed by atoms with Crippen molar-refractivity contribution >= 4 is 34.0 Å². The van der Waals surface area contributed by atoms with Crippen LogP contribution in [0.15, 0.2) is 60.9 Å². The molecule has 2 aromatic heterocycles. The molecule has 6 heteroatoms. The summed E-state index contributed by atoms with van der Waals surface area (Å²) in [7, 11) is 0. The molecule has 0 unspecified atom stereocenters. The van der Waals surface area contributed by atoms with E-state index in [1.54, 1.807) is 12.4 Å². The summed E-state index contributed by atoms with van der Waals surface area (Å²) in [5.41, 5.74) is 1.54. The zero-order valence-electron chi connectivity index (χ0n) is 21.3. The zero-order valence-corrected chi connectivity index (χ0v) is 21.3. The SMILES string of the molecule is CC(C)(C)OC(=O)n1cc(C#CC#Cc2cn(C(=O)OC(C)(C)C)c3ccccc23)c2ccccc21. The Labute approximate surface area is 210 Å². The highest BCUT2D eigenvalue weighted by Gasteiger charge is 2.21. The Balaban J connectivity index is 1.68. The van der Waals surface area contributed by atoms with E-state index in [2.05, 4.69) is 23.7 Å². The van der Waals surface area contributed by atoms with Crippen molar-refractivity contribution in [1.82, 2.24) is 9.13 Å². The van der Waals surface area contributed by atoms with Gasteiger partial charge in [0.1, 0.15) is 11.2 Å². The number of hydrogen-bond acceptors (Lipinski definition) is 4. The van der Waals surface area contributed by atoms with Gasteiger partial charge in [0.15, 0.2) is 0 Å². The van der Waals surface area contributed by atoms with Gasteiger partial charge in [-0.2, -0.15) is 0 Å². The minimum atomic E-state index is -0.613. The Kier molecular flexibility index (Phi) is 6.39. The van der Waals surface area contributed by atoms with Crippen LogP contribution in [0, 0.1) is 23.7 Å². The van der Waals surface area contributed by atoms with Crippen LogP contribution < -0.4 is 0 Å². The Morgan fingerprint density at radius 1 is 0.639 bits per heavy atom. The highest BCUT2D eigenvalue weighted by Crippen LogP contribution is 2.23. The maximum absolute atomic E-state index is 12.7. The monoisotopic (exact) mass is 480 g/mol. The molecule has 0 bridgehead atoms. The van der Waals surface area contributed by atoms with Crippen molar-refractivity contribution in [3.8, 4) is 23.7 Å². The highest BCUT2D eigenvalue weighted by atomic mass is 16.6. The van der Waals surface area contributed by atoms with Crippen LogP contribution in [0.4, 0.5) is 9.59 Å². The molecule has 2 aromatic carbocycles. The number of aromatic nitrogens is 2. The van der Waals surface area contributed by atoms with Gasteiger partial charge in [0.25, 0.3) is 0 Å². The molecule has 0 radical (unpaired) electrons. The standard InChI is InChI=1S/C30H28N2O4/c1-29(2,3)35-27(33)31-19-21(23-15-9-11-17-25(23)31)13-7-8-14-22-20-32(28(34)36-30(4,5)6)26-18-12-10-16-24(22)26/h9-12,15-20H,1-6H3. The Hall–Kier alpha value is -4.42. The summed E-state index contributed by atoms with van der Waals surface area (Å²) in [6.07, 6.45) is 2.41. The predicted molar refractivity (Wildman–Crippen MR) is 141 cm³/mol. The van der Waals surface area contributed by atoms with E-state index < -0.39 is 23.4 Å². The number of fused-ring (bicyclic) bond motifs is 2. The van der Waals surface area contributed by atoms with Crippen LogP contribution >= 0.6 is 0 Å². The number of hydrogen-bond donors (Lipinski definition) is 0. The molecule has 0 aliphatic heterocycles. The fourth-order valence-corrected chi connectivity index (χ4v) is 3.68. The van der Waals surface area contributed by atoms with Crippen LogP contribution in [-0.2, 0) is 9.47 Å². The van der Waals surface area contributed by atoms with Gasteiger partial charge in [-0.25, -0.2) is 9.59 Å². The molecule has 0 fully saturated rings. The van der Waals surface area contributed by atoms with Crippen LogP contribution in [-0.4, -0.2) is 32.5 Å². The molecular formula is C30H28N2O4. The molecule has 0 aliphatic carbocycles. The van der Waals surface area contributed by atoms with E-state index in [1.165, 1.54) is 9.13 Å². The summed E-state index contributed by atoms with van der Waals surface area (Å²) in [6, 6.07) is 15.0. The number of benzene rings is 2. The van der Waals surface area contributed by atoms with E-state index in [-0.39, 0.29) is 0 Å². The summed E-state index contributed by atoms with van der Waals surface area (Å²) in [5.74, 6) is 11.9. The van der Waals surface area contributed by atoms with Crippen molar-refractivity contribution in [2.45, 2.75) is 52.7 Å². The van der Waals surface area contributed by atoms with Crippen molar-refractivity contribution in [2.24, 2.45) is 0 Å². The molecule has 0 aliphatic rings. The van der Waals surface area contributed by atoms with Crippen molar-refractivity contribution in [3.63, 3.8) is 0 Å². The second-order valence-electron chi connectivity index (χ2n) is 10.3. The Morgan fingerprint density at radius 2 is 1.00 bits per heavy atom. The van der Waals surface area contributed by atoms with E-state index in [4.69, 9.17) is 9.47 Å². The molecule has 182 valence electrons. The van der Waals surface area contributed by atoms with Gasteiger partial charge in [-0.3, -0.25) is 9.13 Å². The van der Waals surface area contributed by atoms with Gasteiger partial charge >= 0.3 is 12.2 Å². The summed E-state index contributed by atoms with van der Waals surface area (Å²) in [5, 5.41) is 1.67. The largest absolute Gasteiger partial charge is 0.443 e. The molecule has 0 saturated heterocycles.